The van der Waals surface area contributed by atoms with Gasteiger partial charge in [-0.15, -0.1) is 11.3 Å². The molecule has 0 saturated carbocycles. The second-order valence-corrected chi connectivity index (χ2v) is 7.22. The van der Waals surface area contributed by atoms with Crippen molar-refractivity contribution in [3.8, 4) is 27.6 Å². The van der Waals surface area contributed by atoms with Crippen LogP contribution in [0.15, 0.2) is 65.2 Å². The van der Waals surface area contributed by atoms with Gasteiger partial charge in [0.25, 0.3) is 0 Å². The van der Waals surface area contributed by atoms with Gasteiger partial charge in [-0.2, -0.15) is 0 Å². The lowest BCUT2D eigenvalue weighted by Crippen LogP contribution is -2.05. The van der Waals surface area contributed by atoms with Crippen molar-refractivity contribution in [2.45, 2.75) is 13.5 Å². The first-order valence-electron chi connectivity index (χ1n) is 8.93. The van der Waals surface area contributed by atoms with Crippen molar-refractivity contribution in [2.24, 2.45) is 0 Å². The third kappa shape index (κ3) is 4.20. The molecule has 2 aromatic carbocycles. The van der Waals surface area contributed by atoms with Gasteiger partial charge in [-0.05, 0) is 31.2 Å². The summed E-state index contributed by atoms with van der Waals surface area (Å²) in [6.07, 6.45) is 1.62. The van der Waals surface area contributed by atoms with Gasteiger partial charge in [0.2, 0.25) is 5.89 Å². The Balaban J connectivity index is 1.44. The summed E-state index contributed by atoms with van der Waals surface area (Å²) in [7, 11) is 1.62. The number of aryl methyl sites for hydroxylation is 1. The van der Waals surface area contributed by atoms with Gasteiger partial charge in [0, 0.05) is 11.1 Å². The monoisotopic (exact) mass is 406 g/mol. The molecule has 4 rings (SSSR count). The largest absolute Gasteiger partial charge is 0.497 e. The fourth-order valence-corrected chi connectivity index (χ4v) is 3.71. The second-order valence-electron chi connectivity index (χ2n) is 6.22. The number of nitrogens with zero attached hydrogens (tertiary/aromatic N) is 2. The van der Waals surface area contributed by atoms with E-state index >= 15 is 0 Å². The summed E-state index contributed by atoms with van der Waals surface area (Å²) in [4.78, 5) is 21.7. The molecule has 0 aliphatic carbocycles. The van der Waals surface area contributed by atoms with E-state index < -0.39 is 5.97 Å². The molecule has 0 N–H and O–H groups in total. The van der Waals surface area contributed by atoms with Crippen LogP contribution in [0.4, 0.5) is 0 Å². The number of benzene rings is 2. The number of hydrogen-bond donors (Lipinski definition) is 0. The lowest BCUT2D eigenvalue weighted by Gasteiger charge is -2.01. The minimum absolute atomic E-state index is 0.0408. The van der Waals surface area contributed by atoms with Crippen LogP contribution in [0, 0.1) is 6.92 Å². The quantitative estimate of drug-likeness (QED) is 0.413. The average Bonchev–Trinajstić information content (AvgIpc) is 3.40. The molecule has 0 spiro atoms. The third-order valence-electron chi connectivity index (χ3n) is 4.26. The molecule has 7 heteroatoms. The van der Waals surface area contributed by atoms with Gasteiger partial charge in [-0.1, -0.05) is 30.3 Å². The summed E-state index contributed by atoms with van der Waals surface area (Å²) in [5.74, 6) is 1.30. The van der Waals surface area contributed by atoms with E-state index in [9.17, 15) is 4.79 Å². The number of methoxy groups -OCH3 is 1. The highest BCUT2D eigenvalue weighted by atomic mass is 32.1. The zero-order valence-corrected chi connectivity index (χ0v) is 16.7. The van der Waals surface area contributed by atoms with Crippen LogP contribution >= 0.6 is 11.3 Å². The van der Waals surface area contributed by atoms with E-state index in [1.165, 1.54) is 11.3 Å². The highest BCUT2D eigenvalue weighted by Gasteiger charge is 2.19. The van der Waals surface area contributed by atoms with Gasteiger partial charge >= 0.3 is 5.97 Å². The van der Waals surface area contributed by atoms with Crippen LogP contribution in [0.25, 0.3) is 21.9 Å². The average molecular weight is 406 g/mol. The first-order chi connectivity index (χ1) is 14.1. The Morgan fingerprint density at radius 2 is 1.83 bits per heavy atom. The van der Waals surface area contributed by atoms with E-state index in [4.69, 9.17) is 13.9 Å². The van der Waals surface area contributed by atoms with Crippen molar-refractivity contribution in [1.82, 2.24) is 9.97 Å². The number of aromatic nitrogens is 2. The van der Waals surface area contributed by atoms with Crippen molar-refractivity contribution >= 4 is 17.3 Å². The van der Waals surface area contributed by atoms with Crippen molar-refractivity contribution in [1.29, 1.82) is 0 Å². The Morgan fingerprint density at radius 1 is 1.07 bits per heavy atom. The number of hydrogen-bond acceptors (Lipinski definition) is 7. The zero-order valence-electron chi connectivity index (χ0n) is 15.9. The smallest absolute Gasteiger partial charge is 0.350 e. The van der Waals surface area contributed by atoms with E-state index in [-0.39, 0.29) is 6.61 Å². The topological polar surface area (TPSA) is 74.5 Å². The van der Waals surface area contributed by atoms with E-state index in [2.05, 4.69) is 9.97 Å². The molecule has 0 radical (unpaired) electrons. The van der Waals surface area contributed by atoms with E-state index in [1.807, 2.05) is 54.6 Å². The number of carbonyl (C=O) groups excluding carboxylic acids is 1. The summed E-state index contributed by atoms with van der Waals surface area (Å²) in [5.41, 5.74) is 2.46. The normalized spacial score (nSPS) is 10.7. The fraction of sp³-hybridized carbons (Fsp3) is 0.136. The molecule has 0 fully saturated rings. The summed E-state index contributed by atoms with van der Waals surface area (Å²) in [5, 5.41) is 0.750. The maximum atomic E-state index is 12.5. The maximum Gasteiger partial charge on any atom is 0.350 e. The Bertz CT molecular complexity index is 1120. The van der Waals surface area contributed by atoms with Crippen molar-refractivity contribution < 1.29 is 18.7 Å². The molecule has 6 nitrogen and oxygen atoms in total. The number of esters is 1. The predicted octanol–water partition coefficient (Wildman–Crippen LogP) is 5.14. The Hall–Kier alpha value is -3.45. The van der Waals surface area contributed by atoms with Gasteiger partial charge in [0.15, 0.2) is 12.4 Å². The molecule has 4 aromatic rings. The third-order valence-corrected chi connectivity index (χ3v) is 5.44. The van der Waals surface area contributed by atoms with Gasteiger partial charge in [-0.25, -0.2) is 14.8 Å². The molecule has 0 aliphatic heterocycles. The lowest BCUT2D eigenvalue weighted by molar-refractivity contribution is 0.0443. The Kier molecular flexibility index (Phi) is 5.39. The number of rotatable bonds is 6. The number of carbonyl (C=O) groups is 1. The molecule has 0 bridgehead atoms. The van der Waals surface area contributed by atoms with Gasteiger partial charge < -0.3 is 13.9 Å². The van der Waals surface area contributed by atoms with E-state index in [0.717, 1.165) is 21.9 Å². The van der Waals surface area contributed by atoms with Crippen LogP contribution < -0.4 is 4.74 Å². The van der Waals surface area contributed by atoms with Crippen molar-refractivity contribution in [3.63, 3.8) is 0 Å². The van der Waals surface area contributed by atoms with Gasteiger partial charge in [0.05, 0.1) is 19.0 Å². The molecule has 146 valence electrons. The van der Waals surface area contributed by atoms with Gasteiger partial charge in [-0.3, -0.25) is 0 Å². The minimum atomic E-state index is -0.445. The fourth-order valence-electron chi connectivity index (χ4n) is 2.75. The van der Waals surface area contributed by atoms with Gasteiger partial charge in [0.1, 0.15) is 15.6 Å². The molecule has 2 heterocycles. The summed E-state index contributed by atoms with van der Waals surface area (Å²) >= 11 is 1.29. The maximum absolute atomic E-state index is 12.5. The molecular formula is C22H18N2O4S. The Morgan fingerprint density at radius 3 is 2.55 bits per heavy atom. The second kappa shape index (κ2) is 8.28. The Labute approximate surface area is 171 Å². The van der Waals surface area contributed by atoms with E-state index in [1.54, 1.807) is 20.2 Å². The van der Waals surface area contributed by atoms with Crippen LogP contribution in [-0.2, 0) is 11.3 Å². The highest BCUT2D eigenvalue weighted by molar-refractivity contribution is 7.17. The van der Waals surface area contributed by atoms with Crippen LogP contribution in [0.2, 0.25) is 0 Å². The van der Waals surface area contributed by atoms with E-state index in [0.29, 0.717) is 22.2 Å². The zero-order chi connectivity index (χ0) is 20.2. The molecule has 0 saturated heterocycles. The molecule has 2 aromatic heterocycles. The number of oxazole rings is 1. The first kappa shape index (κ1) is 18.9. The van der Waals surface area contributed by atoms with Crippen LogP contribution in [0.1, 0.15) is 21.3 Å². The molecule has 0 atom stereocenters. The summed E-state index contributed by atoms with van der Waals surface area (Å²) in [6.45, 7) is 1.75. The van der Waals surface area contributed by atoms with Crippen LogP contribution in [0.5, 0.6) is 5.75 Å². The van der Waals surface area contributed by atoms with Crippen LogP contribution in [-0.4, -0.2) is 23.0 Å². The summed E-state index contributed by atoms with van der Waals surface area (Å²) < 4.78 is 16.2. The predicted molar refractivity (Wildman–Crippen MR) is 110 cm³/mol. The molecule has 0 amide bonds. The van der Waals surface area contributed by atoms with Crippen molar-refractivity contribution in [3.05, 3.63) is 77.3 Å². The molecular weight excluding hydrogens is 388 g/mol. The number of ether oxygens (including phenoxy) is 2. The standard InChI is InChI=1S/C22H18N2O4S/c1-14-20(29-21(24-14)16-8-10-17(26-2)11-9-16)22(25)27-13-19-23-12-18(28-19)15-6-4-3-5-7-15/h3-12H,13H2,1-2H3. The summed E-state index contributed by atoms with van der Waals surface area (Å²) in [6, 6.07) is 17.2. The highest BCUT2D eigenvalue weighted by Crippen LogP contribution is 2.30. The lowest BCUT2D eigenvalue weighted by atomic mass is 10.2. The van der Waals surface area contributed by atoms with Crippen molar-refractivity contribution in [2.75, 3.05) is 7.11 Å². The van der Waals surface area contributed by atoms with Crippen LogP contribution in [0.3, 0.4) is 0 Å². The molecule has 0 unspecified atom stereocenters. The molecule has 0 aliphatic rings. The SMILES string of the molecule is COc1ccc(-c2nc(C)c(C(=O)OCc3ncc(-c4ccccc4)o3)s2)cc1. The minimum Gasteiger partial charge on any atom is -0.497 e. The first-order valence-corrected chi connectivity index (χ1v) is 9.75. The number of thiazole rings is 1. The molecule has 29 heavy (non-hydrogen) atoms.